The minimum atomic E-state index is -0.384. The first-order valence-electron chi connectivity index (χ1n) is 4.92. The van der Waals surface area contributed by atoms with Crippen molar-refractivity contribution in [2.75, 3.05) is 10.6 Å². The van der Waals surface area contributed by atoms with E-state index >= 15 is 0 Å². The number of aromatic nitrogens is 1. The summed E-state index contributed by atoms with van der Waals surface area (Å²) in [4.78, 5) is 15.7. The maximum Gasteiger partial charge on any atom is 0.325 e. The number of aromatic hydroxyl groups is 1. The highest BCUT2D eigenvalue weighted by Gasteiger charge is 2.05. The average Bonchev–Trinajstić information content (AvgIpc) is 2.63. The van der Waals surface area contributed by atoms with Crippen molar-refractivity contribution in [2.45, 2.75) is 6.92 Å². The van der Waals surface area contributed by atoms with E-state index in [0.29, 0.717) is 10.8 Å². The van der Waals surface area contributed by atoms with Crippen LogP contribution in [0.1, 0.15) is 5.69 Å². The van der Waals surface area contributed by atoms with Gasteiger partial charge in [0.2, 0.25) is 0 Å². The molecule has 1 heterocycles. The number of hydrogen-bond donors (Lipinski definition) is 3. The van der Waals surface area contributed by atoms with Gasteiger partial charge < -0.3 is 10.4 Å². The number of phenols is 1. The fraction of sp³-hybridized carbons (Fsp3) is 0.0909. The molecule has 1 aromatic heterocycles. The van der Waals surface area contributed by atoms with Crippen LogP contribution >= 0.6 is 11.3 Å². The van der Waals surface area contributed by atoms with Gasteiger partial charge in [0.05, 0.1) is 5.69 Å². The van der Waals surface area contributed by atoms with E-state index in [1.165, 1.54) is 23.5 Å². The van der Waals surface area contributed by atoms with Gasteiger partial charge in [0.15, 0.2) is 5.13 Å². The molecule has 17 heavy (non-hydrogen) atoms. The third-order valence-corrected chi connectivity index (χ3v) is 2.82. The predicted octanol–water partition coefficient (Wildman–Crippen LogP) is 2.80. The highest BCUT2D eigenvalue weighted by Crippen LogP contribution is 2.17. The summed E-state index contributed by atoms with van der Waals surface area (Å²) >= 11 is 1.36. The van der Waals surface area contributed by atoms with Gasteiger partial charge in [0.25, 0.3) is 0 Å². The molecule has 2 rings (SSSR count). The summed E-state index contributed by atoms with van der Waals surface area (Å²) in [5, 5.41) is 16.8. The highest BCUT2D eigenvalue weighted by atomic mass is 32.1. The van der Waals surface area contributed by atoms with Crippen molar-refractivity contribution in [2.24, 2.45) is 0 Å². The van der Waals surface area contributed by atoms with E-state index in [9.17, 15) is 9.90 Å². The summed E-state index contributed by atoms with van der Waals surface area (Å²) in [6.45, 7) is 1.86. The lowest BCUT2D eigenvalue weighted by atomic mass is 10.3. The van der Waals surface area contributed by atoms with Gasteiger partial charge in [-0.3, -0.25) is 5.32 Å². The SMILES string of the molecule is Cc1csc(NC(=O)Nc2cccc(O)c2)n1. The molecule has 5 nitrogen and oxygen atoms in total. The van der Waals surface area contributed by atoms with Crippen LogP contribution < -0.4 is 10.6 Å². The van der Waals surface area contributed by atoms with Gasteiger partial charge in [-0.2, -0.15) is 0 Å². The lowest BCUT2D eigenvalue weighted by Gasteiger charge is -2.05. The maximum absolute atomic E-state index is 11.6. The molecule has 0 saturated heterocycles. The van der Waals surface area contributed by atoms with Gasteiger partial charge in [0, 0.05) is 17.1 Å². The van der Waals surface area contributed by atoms with Crippen LogP contribution in [0.4, 0.5) is 15.6 Å². The zero-order valence-corrected chi connectivity index (χ0v) is 9.91. The zero-order chi connectivity index (χ0) is 12.3. The molecule has 0 spiro atoms. The lowest BCUT2D eigenvalue weighted by molar-refractivity contribution is 0.262. The molecule has 3 N–H and O–H groups in total. The normalized spacial score (nSPS) is 9.94. The molecule has 6 heteroatoms. The number of benzene rings is 1. The Labute approximate surface area is 102 Å². The van der Waals surface area contributed by atoms with E-state index in [2.05, 4.69) is 15.6 Å². The second kappa shape index (κ2) is 4.84. The van der Waals surface area contributed by atoms with Gasteiger partial charge in [-0.25, -0.2) is 9.78 Å². The smallest absolute Gasteiger partial charge is 0.325 e. The Bertz CT molecular complexity index is 539. The van der Waals surface area contributed by atoms with Crippen molar-refractivity contribution in [3.63, 3.8) is 0 Å². The quantitative estimate of drug-likeness (QED) is 0.766. The molecule has 0 aliphatic rings. The van der Waals surface area contributed by atoms with Crippen LogP contribution in [0.3, 0.4) is 0 Å². The predicted molar refractivity (Wildman–Crippen MR) is 67.6 cm³/mol. The summed E-state index contributed by atoms with van der Waals surface area (Å²) in [7, 11) is 0. The van der Waals surface area contributed by atoms with E-state index in [4.69, 9.17) is 0 Å². The number of nitrogens with one attached hydrogen (secondary N) is 2. The molecule has 2 aromatic rings. The van der Waals surface area contributed by atoms with Crippen LogP contribution in [0.2, 0.25) is 0 Å². The van der Waals surface area contributed by atoms with Gasteiger partial charge in [-0.15, -0.1) is 11.3 Å². The zero-order valence-electron chi connectivity index (χ0n) is 9.10. The third kappa shape index (κ3) is 3.18. The van der Waals surface area contributed by atoms with E-state index in [0.717, 1.165) is 5.69 Å². The molecule has 0 radical (unpaired) electrons. The number of carbonyl (C=O) groups excluding carboxylic acids is 1. The molecular formula is C11H11N3O2S. The van der Waals surface area contributed by atoms with Crippen molar-refractivity contribution >= 4 is 28.2 Å². The fourth-order valence-corrected chi connectivity index (χ4v) is 1.94. The second-order valence-electron chi connectivity index (χ2n) is 3.42. The van der Waals surface area contributed by atoms with E-state index in [-0.39, 0.29) is 11.8 Å². The molecule has 0 aliphatic heterocycles. The Kier molecular flexibility index (Phi) is 3.24. The second-order valence-corrected chi connectivity index (χ2v) is 4.28. The number of phenolic OH excluding ortho intramolecular Hbond substituents is 1. The van der Waals surface area contributed by atoms with E-state index in [1.54, 1.807) is 12.1 Å². The fourth-order valence-electron chi connectivity index (χ4n) is 1.25. The topological polar surface area (TPSA) is 74.2 Å². The number of urea groups is 1. The molecule has 1 aromatic carbocycles. The molecular weight excluding hydrogens is 238 g/mol. The molecule has 0 saturated carbocycles. The van der Waals surface area contributed by atoms with Crippen LogP contribution in [-0.4, -0.2) is 16.1 Å². The Morgan fingerprint density at radius 3 is 2.88 bits per heavy atom. The van der Waals surface area contributed by atoms with Crippen molar-refractivity contribution in [1.29, 1.82) is 0 Å². The summed E-state index contributed by atoms with van der Waals surface area (Å²) in [6, 6.07) is 5.95. The van der Waals surface area contributed by atoms with Crippen molar-refractivity contribution in [1.82, 2.24) is 4.98 Å². The number of aryl methyl sites for hydroxylation is 1. The molecule has 2 amide bonds. The number of thiazole rings is 1. The number of amides is 2. The van der Waals surface area contributed by atoms with Crippen LogP contribution in [0.25, 0.3) is 0 Å². The summed E-state index contributed by atoms with van der Waals surface area (Å²) < 4.78 is 0. The number of carbonyl (C=O) groups is 1. The summed E-state index contributed by atoms with van der Waals surface area (Å²) in [5.74, 6) is 0.105. The Morgan fingerprint density at radius 1 is 1.41 bits per heavy atom. The lowest BCUT2D eigenvalue weighted by Crippen LogP contribution is -2.19. The first-order valence-corrected chi connectivity index (χ1v) is 5.80. The van der Waals surface area contributed by atoms with E-state index in [1.807, 2.05) is 12.3 Å². The highest BCUT2D eigenvalue weighted by molar-refractivity contribution is 7.13. The van der Waals surface area contributed by atoms with Gasteiger partial charge >= 0.3 is 6.03 Å². The number of rotatable bonds is 2. The summed E-state index contributed by atoms with van der Waals surface area (Å²) in [6.07, 6.45) is 0. The van der Waals surface area contributed by atoms with Gasteiger partial charge in [-0.1, -0.05) is 6.07 Å². The average molecular weight is 249 g/mol. The first-order chi connectivity index (χ1) is 8.13. The minimum Gasteiger partial charge on any atom is -0.508 e. The largest absolute Gasteiger partial charge is 0.508 e. The van der Waals surface area contributed by atoms with Crippen LogP contribution in [0.5, 0.6) is 5.75 Å². The monoisotopic (exact) mass is 249 g/mol. The molecule has 0 unspecified atom stereocenters. The van der Waals surface area contributed by atoms with Crippen molar-refractivity contribution in [3.8, 4) is 5.75 Å². The van der Waals surface area contributed by atoms with Crippen LogP contribution in [-0.2, 0) is 0 Å². The van der Waals surface area contributed by atoms with Crippen LogP contribution in [0.15, 0.2) is 29.6 Å². The molecule has 88 valence electrons. The molecule has 0 fully saturated rings. The standard InChI is InChI=1S/C11H11N3O2S/c1-7-6-17-11(12-7)14-10(16)13-8-3-2-4-9(15)5-8/h2-6,15H,1H3,(H2,12,13,14,16). The van der Waals surface area contributed by atoms with Gasteiger partial charge in [0.1, 0.15) is 5.75 Å². The minimum absolute atomic E-state index is 0.105. The molecule has 0 bridgehead atoms. The van der Waals surface area contributed by atoms with Crippen molar-refractivity contribution < 1.29 is 9.90 Å². The maximum atomic E-state index is 11.6. The first kappa shape index (κ1) is 11.4. The van der Waals surface area contributed by atoms with Gasteiger partial charge in [-0.05, 0) is 19.1 Å². The van der Waals surface area contributed by atoms with Crippen molar-refractivity contribution in [3.05, 3.63) is 35.3 Å². The Balaban J connectivity index is 1.98. The van der Waals surface area contributed by atoms with E-state index < -0.39 is 0 Å². The Morgan fingerprint density at radius 2 is 2.24 bits per heavy atom. The number of anilines is 2. The van der Waals surface area contributed by atoms with Crippen LogP contribution in [0, 0.1) is 6.92 Å². The molecule has 0 atom stereocenters. The summed E-state index contributed by atoms with van der Waals surface area (Å²) in [5.41, 5.74) is 1.39. The molecule has 0 aliphatic carbocycles. The number of nitrogens with zero attached hydrogens (tertiary/aromatic N) is 1. The number of hydrogen-bond acceptors (Lipinski definition) is 4. The third-order valence-electron chi connectivity index (χ3n) is 1.94. The Hall–Kier alpha value is -2.08.